The van der Waals surface area contributed by atoms with Gasteiger partial charge in [-0.3, -0.25) is 4.79 Å². The molecule has 0 aromatic carbocycles. The number of hydrogen-bond donors (Lipinski definition) is 2. The van der Waals surface area contributed by atoms with Gasteiger partial charge < -0.3 is 10.6 Å². The number of amides is 1. The first kappa shape index (κ1) is 14.6. The number of fused-ring (bicyclic) bond motifs is 2. The molecule has 2 fully saturated rings. The van der Waals surface area contributed by atoms with Gasteiger partial charge in [-0.2, -0.15) is 13.2 Å². The van der Waals surface area contributed by atoms with Crippen LogP contribution in [0.15, 0.2) is 12.1 Å². The third kappa shape index (κ3) is 2.85. The SMILES string of the molecule is O=C(NC1CC2CCC1N2)c1ccc(C(F)(F)F)c(Cl)n1. The van der Waals surface area contributed by atoms with Gasteiger partial charge in [-0.1, -0.05) is 11.6 Å². The molecule has 0 saturated carbocycles. The molecule has 3 rings (SSSR count). The molecule has 3 unspecified atom stereocenters. The maximum Gasteiger partial charge on any atom is 0.419 e. The van der Waals surface area contributed by atoms with E-state index in [2.05, 4.69) is 15.6 Å². The number of nitrogens with zero attached hydrogens (tertiary/aromatic N) is 1. The Bertz CT molecular complexity index is 578. The molecule has 114 valence electrons. The Labute approximate surface area is 124 Å². The van der Waals surface area contributed by atoms with Crippen molar-refractivity contribution < 1.29 is 18.0 Å². The maximum atomic E-state index is 12.6. The van der Waals surface area contributed by atoms with Crippen molar-refractivity contribution in [2.24, 2.45) is 0 Å². The monoisotopic (exact) mass is 319 g/mol. The zero-order chi connectivity index (χ0) is 15.2. The molecule has 1 aromatic heterocycles. The largest absolute Gasteiger partial charge is 0.419 e. The van der Waals surface area contributed by atoms with Crippen molar-refractivity contribution in [2.45, 2.75) is 43.6 Å². The zero-order valence-electron chi connectivity index (χ0n) is 10.9. The van der Waals surface area contributed by atoms with Gasteiger partial charge in [0.2, 0.25) is 0 Å². The fourth-order valence-corrected chi connectivity index (χ4v) is 3.26. The lowest BCUT2D eigenvalue weighted by Crippen LogP contribution is -2.43. The van der Waals surface area contributed by atoms with Crippen LogP contribution in [0.4, 0.5) is 13.2 Å². The summed E-state index contributed by atoms with van der Waals surface area (Å²) in [5.41, 5.74) is -1.14. The van der Waals surface area contributed by atoms with E-state index in [0.29, 0.717) is 6.04 Å². The normalized spacial score (nSPS) is 27.9. The van der Waals surface area contributed by atoms with Crippen LogP contribution in [0.25, 0.3) is 0 Å². The third-order valence-electron chi connectivity index (χ3n) is 4.00. The number of carbonyl (C=O) groups is 1. The third-order valence-corrected chi connectivity index (χ3v) is 4.29. The van der Waals surface area contributed by atoms with Gasteiger partial charge in [0, 0.05) is 18.1 Å². The summed E-state index contributed by atoms with van der Waals surface area (Å²) in [6, 6.07) is 2.49. The van der Waals surface area contributed by atoms with E-state index < -0.39 is 22.8 Å². The van der Waals surface area contributed by atoms with Crippen LogP contribution in [0.2, 0.25) is 5.15 Å². The minimum atomic E-state index is -4.58. The lowest BCUT2D eigenvalue weighted by molar-refractivity contribution is -0.137. The fraction of sp³-hybridized carbons (Fsp3) is 0.538. The number of hydrogen-bond acceptors (Lipinski definition) is 3. The molecule has 2 bridgehead atoms. The summed E-state index contributed by atoms with van der Waals surface area (Å²) >= 11 is 5.51. The van der Waals surface area contributed by atoms with Gasteiger partial charge in [0.1, 0.15) is 10.8 Å². The van der Waals surface area contributed by atoms with Crippen LogP contribution in [0.3, 0.4) is 0 Å². The summed E-state index contributed by atoms with van der Waals surface area (Å²) in [4.78, 5) is 15.6. The standard InChI is InChI=1S/C13H13ClF3N3O/c14-11-7(13(15,16)17)2-4-9(19-11)12(21)20-10-5-6-1-3-8(10)18-6/h2,4,6,8,10,18H,1,3,5H2,(H,20,21). The van der Waals surface area contributed by atoms with E-state index in [-0.39, 0.29) is 17.8 Å². The Morgan fingerprint density at radius 3 is 2.67 bits per heavy atom. The van der Waals surface area contributed by atoms with Gasteiger partial charge in [-0.25, -0.2) is 4.98 Å². The molecule has 1 aromatic rings. The average molecular weight is 320 g/mol. The molecule has 2 aliphatic heterocycles. The highest BCUT2D eigenvalue weighted by Gasteiger charge is 2.40. The van der Waals surface area contributed by atoms with E-state index in [9.17, 15) is 18.0 Å². The second kappa shape index (κ2) is 5.14. The second-order valence-electron chi connectivity index (χ2n) is 5.40. The van der Waals surface area contributed by atoms with Crippen LogP contribution in [0.1, 0.15) is 35.3 Å². The first-order chi connectivity index (χ1) is 9.84. The number of alkyl halides is 3. The molecular formula is C13H13ClF3N3O. The summed E-state index contributed by atoms with van der Waals surface area (Å²) < 4.78 is 37.7. The smallest absolute Gasteiger partial charge is 0.346 e. The predicted octanol–water partition coefficient (Wildman–Crippen LogP) is 2.38. The summed E-state index contributed by atoms with van der Waals surface area (Å²) in [6.45, 7) is 0. The molecule has 3 heterocycles. The van der Waals surface area contributed by atoms with Crippen molar-refractivity contribution in [2.75, 3.05) is 0 Å². The Hall–Kier alpha value is -1.34. The molecule has 2 N–H and O–H groups in total. The molecule has 3 atom stereocenters. The van der Waals surface area contributed by atoms with E-state index in [1.807, 2.05) is 0 Å². The number of pyridine rings is 1. The quantitative estimate of drug-likeness (QED) is 0.823. The molecule has 4 nitrogen and oxygen atoms in total. The minimum absolute atomic E-state index is 0.000817. The lowest BCUT2D eigenvalue weighted by Gasteiger charge is -2.21. The highest BCUT2D eigenvalue weighted by atomic mass is 35.5. The Morgan fingerprint density at radius 2 is 2.14 bits per heavy atom. The molecule has 21 heavy (non-hydrogen) atoms. The number of nitrogens with one attached hydrogen (secondary N) is 2. The Morgan fingerprint density at radius 1 is 1.38 bits per heavy atom. The van der Waals surface area contributed by atoms with Gasteiger partial charge in [-0.15, -0.1) is 0 Å². The maximum absolute atomic E-state index is 12.6. The summed E-state index contributed by atoms with van der Waals surface area (Å²) in [7, 11) is 0. The first-order valence-electron chi connectivity index (χ1n) is 6.65. The lowest BCUT2D eigenvalue weighted by atomic mass is 9.95. The van der Waals surface area contributed by atoms with Crippen molar-refractivity contribution >= 4 is 17.5 Å². The van der Waals surface area contributed by atoms with E-state index in [4.69, 9.17) is 11.6 Å². The van der Waals surface area contributed by atoms with Gasteiger partial charge in [0.25, 0.3) is 5.91 Å². The number of aromatic nitrogens is 1. The number of carbonyl (C=O) groups excluding carboxylic acids is 1. The van der Waals surface area contributed by atoms with Crippen molar-refractivity contribution in [3.63, 3.8) is 0 Å². The topological polar surface area (TPSA) is 54.0 Å². The van der Waals surface area contributed by atoms with Crippen LogP contribution in [-0.4, -0.2) is 29.0 Å². The highest BCUT2D eigenvalue weighted by Crippen LogP contribution is 2.33. The van der Waals surface area contributed by atoms with Gasteiger partial charge in [-0.05, 0) is 31.4 Å². The van der Waals surface area contributed by atoms with Crippen molar-refractivity contribution in [3.8, 4) is 0 Å². The number of rotatable bonds is 2. The van der Waals surface area contributed by atoms with Crippen LogP contribution in [0, 0.1) is 0 Å². The van der Waals surface area contributed by atoms with Gasteiger partial charge in [0.15, 0.2) is 0 Å². The number of halogens is 4. The fourth-order valence-electron chi connectivity index (χ4n) is 3.00. The van der Waals surface area contributed by atoms with Gasteiger partial charge >= 0.3 is 6.18 Å². The van der Waals surface area contributed by atoms with Crippen LogP contribution in [-0.2, 0) is 6.18 Å². The molecule has 2 aliphatic rings. The first-order valence-corrected chi connectivity index (χ1v) is 7.03. The molecule has 0 radical (unpaired) electrons. The van der Waals surface area contributed by atoms with Crippen molar-refractivity contribution in [1.82, 2.24) is 15.6 Å². The average Bonchev–Trinajstić information content (AvgIpc) is 2.99. The molecule has 0 aliphatic carbocycles. The van der Waals surface area contributed by atoms with Crippen molar-refractivity contribution in [3.05, 3.63) is 28.5 Å². The summed E-state index contributed by atoms with van der Waals surface area (Å²) in [5.74, 6) is -0.495. The molecule has 0 spiro atoms. The highest BCUT2D eigenvalue weighted by molar-refractivity contribution is 6.30. The van der Waals surface area contributed by atoms with E-state index in [1.165, 1.54) is 0 Å². The van der Waals surface area contributed by atoms with Crippen LogP contribution in [0.5, 0.6) is 0 Å². The molecule has 1 amide bonds. The Balaban J connectivity index is 1.72. The Kier molecular flexibility index (Phi) is 3.57. The van der Waals surface area contributed by atoms with Gasteiger partial charge in [0.05, 0.1) is 5.56 Å². The second-order valence-corrected chi connectivity index (χ2v) is 5.75. The van der Waals surface area contributed by atoms with Crippen LogP contribution < -0.4 is 10.6 Å². The van der Waals surface area contributed by atoms with E-state index in [0.717, 1.165) is 31.4 Å². The van der Waals surface area contributed by atoms with E-state index >= 15 is 0 Å². The predicted molar refractivity (Wildman–Crippen MR) is 70.1 cm³/mol. The molecular weight excluding hydrogens is 307 g/mol. The van der Waals surface area contributed by atoms with E-state index in [1.54, 1.807) is 0 Å². The summed E-state index contributed by atoms with van der Waals surface area (Å²) in [6.07, 6.45) is -1.64. The van der Waals surface area contributed by atoms with Crippen LogP contribution >= 0.6 is 11.6 Å². The van der Waals surface area contributed by atoms with Crippen molar-refractivity contribution in [1.29, 1.82) is 0 Å². The summed E-state index contributed by atoms with van der Waals surface area (Å²) in [5, 5.41) is 5.47. The molecule has 2 saturated heterocycles. The zero-order valence-corrected chi connectivity index (χ0v) is 11.6. The molecule has 8 heteroatoms. The minimum Gasteiger partial charge on any atom is -0.346 e.